The molecule has 1 aromatic carbocycles. The minimum Gasteiger partial charge on any atom is -0.390 e. The van der Waals surface area contributed by atoms with Gasteiger partial charge >= 0.3 is 0 Å². The molecule has 1 aromatic rings. The molecule has 110 valence electrons. The highest BCUT2D eigenvalue weighted by molar-refractivity contribution is 5.78. The first-order valence-electron chi connectivity index (χ1n) is 7.23. The molecule has 4 nitrogen and oxygen atoms in total. The van der Waals surface area contributed by atoms with Gasteiger partial charge in [0.1, 0.15) is 0 Å². The molecule has 0 aliphatic heterocycles. The summed E-state index contributed by atoms with van der Waals surface area (Å²) in [5, 5.41) is 12.7. The number of hydrogen-bond acceptors (Lipinski definition) is 3. The average Bonchev–Trinajstić information content (AvgIpc) is 2.48. The number of amides is 1. The van der Waals surface area contributed by atoms with E-state index in [1.54, 1.807) is 7.11 Å². The third kappa shape index (κ3) is 4.05. The van der Waals surface area contributed by atoms with Crippen molar-refractivity contribution in [3.8, 4) is 0 Å². The molecule has 0 bridgehead atoms. The van der Waals surface area contributed by atoms with E-state index >= 15 is 0 Å². The summed E-state index contributed by atoms with van der Waals surface area (Å²) in [6, 6.07) is 10.1. The number of methoxy groups -OCH3 is 1. The monoisotopic (exact) mass is 277 g/mol. The zero-order valence-corrected chi connectivity index (χ0v) is 11.9. The molecule has 0 heterocycles. The molecule has 3 atom stereocenters. The van der Waals surface area contributed by atoms with Crippen LogP contribution in [0.1, 0.15) is 24.8 Å². The number of nitrogens with one attached hydrogen (secondary N) is 1. The summed E-state index contributed by atoms with van der Waals surface area (Å²) in [5.74, 6) is 0.0361. The second-order valence-electron chi connectivity index (χ2n) is 5.38. The van der Waals surface area contributed by atoms with Crippen molar-refractivity contribution in [2.24, 2.45) is 5.92 Å². The molecule has 4 heteroatoms. The van der Waals surface area contributed by atoms with E-state index in [1.807, 2.05) is 18.2 Å². The second-order valence-corrected chi connectivity index (χ2v) is 5.38. The van der Waals surface area contributed by atoms with Crippen LogP contribution in [-0.2, 0) is 16.0 Å². The van der Waals surface area contributed by atoms with E-state index in [9.17, 15) is 9.90 Å². The molecular formula is C16H23NO3. The fraction of sp³-hybridized carbons (Fsp3) is 0.562. The second kappa shape index (κ2) is 7.41. The summed E-state index contributed by atoms with van der Waals surface area (Å²) < 4.78 is 5.23. The number of hydrogen-bond donors (Lipinski definition) is 2. The molecule has 0 aromatic heterocycles. The van der Waals surface area contributed by atoms with Gasteiger partial charge in [-0.05, 0) is 31.2 Å². The lowest BCUT2D eigenvalue weighted by Gasteiger charge is -2.31. The van der Waals surface area contributed by atoms with Gasteiger partial charge in [0.25, 0.3) is 0 Å². The van der Waals surface area contributed by atoms with E-state index in [0.717, 1.165) is 12.8 Å². The lowest BCUT2D eigenvalue weighted by Crippen LogP contribution is -2.41. The maximum absolute atomic E-state index is 12.1. The lowest BCUT2D eigenvalue weighted by atomic mass is 9.84. The first kappa shape index (κ1) is 15.0. The Hall–Kier alpha value is -1.39. The van der Waals surface area contributed by atoms with Gasteiger partial charge in [-0.1, -0.05) is 30.3 Å². The van der Waals surface area contributed by atoms with E-state index in [0.29, 0.717) is 19.4 Å². The van der Waals surface area contributed by atoms with E-state index < -0.39 is 6.10 Å². The number of carbonyl (C=O) groups excluding carboxylic acids is 1. The first-order valence-corrected chi connectivity index (χ1v) is 7.23. The fourth-order valence-corrected chi connectivity index (χ4v) is 2.72. The number of carbonyl (C=O) groups is 1. The van der Waals surface area contributed by atoms with Gasteiger partial charge in [0.05, 0.1) is 12.2 Å². The fourth-order valence-electron chi connectivity index (χ4n) is 2.72. The Labute approximate surface area is 120 Å². The zero-order valence-electron chi connectivity index (χ0n) is 11.9. The van der Waals surface area contributed by atoms with Crippen molar-refractivity contribution in [1.82, 2.24) is 5.32 Å². The molecule has 1 amide bonds. The molecule has 1 fully saturated rings. The van der Waals surface area contributed by atoms with Crippen LogP contribution in [0, 0.1) is 5.92 Å². The van der Waals surface area contributed by atoms with Gasteiger partial charge in [0.15, 0.2) is 0 Å². The highest BCUT2D eigenvalue weighted by Crippen LogP contribution is 2.26. The van der Waals surface area contributed by atoms with Crippen LogP contribution in [0.3, 0.4) is 0 Å². The summed E-state index contributed by atoms with van der Waals surface area (Å²) in [6.07, 6.45) is 2.17. The quantitative estimate of drug-likeness (QED) is 0.858. The summed E-state index contributed by atoms with van der Waals surface area (Å²) in [4.78, 5) is 12.1. The maximum atomic E-state index is 12.1. The molecule has 0 radical (unpaired) electrons. The molecule has 20 heavy (non-hydrogen) atoms. The third-order valence-corrected chi connectivity index (χ3v) is 3.99. The molecule has 0 unspecified atom stereocenters. The molecule has 1 aliphatic rings. The van der Waals surface area contributed by atoms with Crippen molar-refractivity contribution < 1.29 is 14.6 Å². The van der Waals surface area contributed by atoms with E-state index in [4.69, 9.17) is 4.74 Å². The summed E-state index contributed by atoms with van der Waals surface area (Å²) in [5.41, 5.74) is 1.22. The molecular weight excluding hydrogens is 254 g/mol. The smallest absolute Gasteiger partial charge is 0.223 e. The molecule has 1 aliphatic carbocycles. The Morgan fingerprint density at radius 3 is 2.80 bits per heavy atom. The van der Waals surface area contributed by atoms with Crippen molar-refractivity contribution in [3.63, 3.8) is 0 Å². The number of benzene rings is 1. The van der Waals surface area contributed by atoms with Crippen LogP contribution in [0.4, 0.5) is 0 Å². The normalized spacial score (nSPS) is 26.2. The molecule has 2 rings (SSSR count). The Bertz CT molecular complexity index is 421. The zero-order chi connectivity index (χ0) is 14.4. The van der Waals surface area contributed by atoms with Gasteiger partial charge in [-0.25, -0.2) is 0 Å². The van der Waals surface area contributed by atoms with Crippen molar-refractivity contribution >= 4 is 5.91 Å². The highest BCUT2D eigenvalue weighted by atomic mass is 16.5. The first-order chi connectivity index (χ1) is 9.70. The minimum atomic E-state index is -0.437. The van der Waals surface area contributed by atoms with Gasteiger partial charge in [-0.2, -0.15) is 0 Å². The Morgan fingerprint density at radius 1 is 1.35 bits per heavy atom. The van der Waals surface area contributed by atoms with Crippen LogP contribution >= 0.6 is 0 Å². The van der Waals surface area contributed by atoms with Crippen LogP contribution in [0.5, 0.6) is 0 Å². The van der Waals surface area contributed by atoms with Crippen LogP contribution < -0.4 is 5.32 Å². The molecule has 2 N–H and O–H groups in total. The topological polar surface area (TPSA) is 58.6 Å². The van der Waals surface area contributed by atoms with Crippen molar-refractivity contribution in [3.05, 3.63) is 35.9 Å². The standard InChI is InChI=1S/C16H23NO3/c1-20-15-11-13(7-8-14(15)18)16(19)17-10-9-12-5-3-2-4-6-12/h2-6,13-15,18H,7-11H2,1H3,(H,17,19)/t13-,14+,15-/m1/s1. The van der Waals surface area contributed by atoms with Crippen LogP contribution in [0.2, 0.25) is 0 Å². The van der Waals surface area contributed by atoms with Gasteiger partial charge < -0.3 is 15.2 Å². The lowest BCUT2D eigenvalue weighted by molar-refractivity contribution is -0.130. The van der Waals surface area contributed by atoms with Crippen LogP contribution in [0.25, 0.3) is 0 Å². The number of aliphatic hydroxyl groups excluding tert-OH is 1. The van der Waals surface area contributed by atoms with Crippen molar-refractivity contribution in [1.29, 1.82) is 0 Å². The molecule has 1 saturated carbocycles. The van der Waals surface area contributed by atoms with Gasteiger partial charge in [-0.3, -0.25) is 4.79 Å². The summed E-state index contributed by atoms with van der Waals surface area (Å²) >= 11 is 0. The molecule has 0 saturated heterocycles. The SMILES string of the molecule is CO[C@@H]1C[C@H](C(=O)NCCc2ccccc2)CC[C@@H]1O. The number of aliphatic hydroxyl groups is 1. The summed E-state index contributed by atoms with van der Waals surface area (Å²) in [7, 11) is 1.59. The van der Waals surface area contributed by atoms with E-state index in [2.05, 4.69) is 17.4 Å². The largest absolute Gasteiger partial charge is 0.390 e. The Kier molecular flexibility index (Phi) is 5.56. The Balaban J connectivity index is 1.75. The molecule has 0 spiro atoms. The van der Waals surface area contributed by atoms with Gasteiger partial charge in [0.2, 0.25) is 5.91 Å². The minimum absolute atomic E-state index is 0.0425. The van der Waals surface area contributed by atoms with Gasteiger partial charge in [0, 0.05) is 19.6 Å². The predicted molar refractivity (Wildman–Crippen MR) is 77.3 cm³/mol. The van der Waals surface area contributed by atoms with Crippen molar-refractivity contribution in [2.45, 2.75) is 37.9 Å². The Morgan fingerprint density at radius 2 is 2.10 bits per heavy atom. The van der Waals surface area contributed by atoms with Gasteiger partial charge in [-0.15, -0.1) is 0 Å². The van der Waals surface area contributed by atoms with E-state index in [1.165, 1.54) is 5.56 Å². The summed E-state index contributed by atoms with van der Waals surface area (Å²) in [6.45, 7) is 0.652. The number of rotatable bonds is 5. The maximum Gasteiger partial charge on any atom is 0.223 e. The van der Waals surface area contributed by atoms with Crippen LogP contribution in [-0.4, -0.2) is 36.9 Å². The number of ether oxygens (including phenoxy) is 1. The third-order valence-electron chi connectivity index (χ3n) is 3.99. The predicted octanol–water partition coefficient (Wildman–Crippen LogP) is 1.52. The highest BCUT2D eigenvalue weighted by Gasteiger charge is 2.32. The van der Waals surface area contributed by atoms with Crippen molar-refractivity contribution in [2.75, 3.05) is 13.7 Å². The average molecular weight is 277 g/mol. The van der Waals surface area contributed by atoms with E-state index in [-0.39, 0.29) is 17.9 Å². The van der Waals surface area contributed by atoms with Crippen LogP contribution in [0.15, 0.2) is 30.3 Å².